The maximum absolute atomic E-state index is 14.1. The summed E-state index contributed by atoms with van der Waals surface area (Å²) in [6.07, 6.45) is 1.54. The van der Waals surface area contributed by atoms with Gasteiger partial charge in [-0.2, -0.15) is 0 Å². The first kappa shape index (κ1) is 21.7. The molecule has 3 saturated heterocycles. The number of ether oxygens (including phenoxy) is 1. The highest BCUT2D eigenvalue weighted by atomic mass is 16.6. The second kappa shape index (κ2) is 7.11. The Balaban J connectivity index is 1.54. The van der Waals surface area contributed by atoms with Crippen molar-refractivity contribution in [1.82, 2.24) is 4.90 Å². The van der Waals surface area contributed by atoms with Crippen LogP contribution in [0.5, 0.6) is 5.75 Å². The number of rotatable bonds is 3. The molecule has 4 aliphatic heterocycles. The van der Waals surface area contributed by atoms with Gasteiger partial charge >= 0.3 is 5.69 Å². The summed E-state index contributed by atoms with van der Waals surface area (Å²) in [4.78, 5) is 55.8. The fraction of sp³-hybridized carbons (Fsp3) is 0.400. The first-order chi connectivity index (χ1) is 16.7. The van der Waals surface area contributed by atoms with E-state index in [-0.39, 0.29) is 35.0 Å². The normalized spacial score (nSPS) is 28.9. The number of nitro groups is 1. The van der Waals surface area contributed by atoms with Crippen LogP contribution in [0.1, 0.15) is 29.5 Å². The van der Waals surface area contributed by atoms with E-state index in [1.165, 1.54) is 19.2 Å². The van der Waals surface area contributed by atoms with Crippen LogP contribution in [0.25, 0.3) is 0 Å². The molecule has 0 saturated carbocycles. The van der Waals surface area contributed by atoms with Gasteiger partial charge in [0.15, 0.2) is 5.75 Å². The quantitative estimate of drug-likeness (QED) is 0.411. The molecule has 0 radical (unpaired) electrons. The number of anilines is 2. The summed E-state index contributed by atoms with van der Waals surface area (Å²) >= 11 is 0. The number of aryl methyl sites for hydroxylation is 2. The minimum absolute atomic E-state index is 0.0370. The van der Waals surface area contributed by atoms with Crippen molar-refractivity contribution < 1.29 is 24.0 Å². The summed E-state index contributed by atoms with van der Waals surface area (Å²) in [5.74, 6) is -2.71. The predicted molar refractivity (Wildman–Crippen MR) is 125 cm³/mol. The number of hydrogen-bond acceptors (Lipinski definition) is 7. The van der Waals surface area contributed by atoms with E-state index >= 15 is 0 Å². The fourth-order valence-corrected chi connectivity index (χ4v) is 6.76. The lowest BCUT2D eigenvalue weighted by molar-refractivity contribution is -0.385. The second-order valence-corrected chi connectivity index (χ2v) is 9.76. The van der Waals surface area contributed by atoms with Crippen molar-refractivity contribution >= 4 is 34.8 Å². The Hall–Kier alpha value is -3.79. The highest BCUT2D eigenvalue weighted by molar-refractivity contribution is 6.26. The molecule has 1 spiro atoms. The second-order valence-electron chi connectivity index (χ2n) is 9.76. The largest absolute Gasteiger partial charge is 0.490 e. The number of benzene rings is 2. The molecule has 2 aromatic carbocycles. The zero-order valence-corrected chi connectivity index (χ0v) is 19.5. The summed E-state index contributed by atoms with van der Waals surface area (Å²) in [6, 6.07) is 8.13. The van der Waals surface area contributed by atoms with Crippen LogP contribution in [-0.2, 0) is 19.9 Å². The number of nitro benzene ring substituents is 1. The standard InChI is InChI=1S/C25H24N4O6/c1-12-6-7-15-14(9-12)25(24(32)26-15)21-20(16-5-4-8-27(16)25)22(30)28(23(21)31)17-11-19(35-3)18(29(33)34)10-13(17)2/h6-7,9-11,16,20-21H,4-5,8H2,1-3H3,(H,26,32)/t16-,20-,21-,25+/m1/s1. The molecule has 4 atom stereocenters. The van der Waals surface area contributed by atoms with Gasteiger partial charge in [-0.05, 0) is 44.9 Å². The van der Waals surface area contributed by atoms with Crippen molar-refractivity contribution in [2.24, 2.45) is 11.8 Å². The summed E-state index contributed by atoms with van der Waals surface area (Å²) in [7, 11) is 1.30. The first-order valence-corrected chi connectivity index (χ1v) is 11.6. The molecule has 0 bridgehead atoms. The average molecular weight is 476 g/mol. The topological polar surface area (TPSA) is 122 Å². The molecule has 180 valence electrons. The predicted octanol–water partition coefficient (Wildman–Crippen LogP) is 2.65. The molecule has 10 nitrogen and oxygen atoms in total. The van der Waals surface area contributed by atoms with Gasteiger partial charge in [0, 0.05) is 29.4 Å². The molecular weight excluding hydrogens is 452 g/mol. The summed E-state index contributed by atoms with van der Waals surface area (Å²) < 4.78 is 5.20. The molecule has 0 unspecified atom stereocenters. The van der Waals surface area contributed by atoms with E-state index in [1.807, 2.05) is 25.1 Å². The maximum Gasteiger partial charge on any atom is 0.311 e. The van der Waals surface area contributed by atoms with Crippen molar-refractivity contribution in [3.8, 4) is 5.75 Å². The van der Waals surface area contributed by atoms with Gasteiger partial charge in [-0.3, -0.25) is 29.4 Å². The minimum Gasteiger partial charge on any atom is -0.490 e. The molecule has 3 amide bonds. The highest BCUT2D eigenvalue weighted by Crippen LogP contribution is 2.61. The Morgan fingerprint density at radius 1 is 1.14 bits per heavy atom. The molecule has 4 heterocycles. The van der Waals surface area contributed by atoms with Gasteiger partial charge in [-0.15, -0.1) is 0 Å². The van der Waals surface area contributed by atoms with Gasteiger partial charge in [0.1, 0.15) is 5.54 Å². The van der Waals surface area contributed by atoms with E-state index in [1.54, 1.807) is 6.92 Å². The molecule has 35 heavy (non-hydrogen) atoms. The van der Waals surface area contributed by atoms with E-state index in [0.29, 0.717) is 24.2 Å². The highest BCUT2D eigenvalue weighted by Gasteiger charge is 2.74. The van der Waals surface area contributed by atoms with Crippen molar-refractivity contribution in [2.45, 2.75) is 38.3 Å². The molecule has 6 rings (SSSR count). The van der Waals surface area contributed by atoms with Crippen LogP contribution in [0.2, 0.25) is 0 Å². The molecule has 0 aliphatic carbocycles. The number of hydrogen-bond donors (Lipinski definition) is 1. The zero-order chi connectivity index (χ0) is 24.8. The number of fused-ring (bicyclic) bond motifs is 7. The van der Waals surface area contributed by atoms with E-state index in [2.05, 4.69) is 10.2 Å². The van der Waals surface area contributed by atoms with Gasteiger partial charge in [0.05, 0.1) is 29.6 Å². The van der Waals surface area contributed by atoms with Crippen LogP contribution < -0.4 is 15.0 Å². The molecule has 1 N–H and O–H groups in total. The number of nitrogens with zero attached hydrogens (tertiary/aromatic N) is 3. The van der Waals surface area contributed by atoms with Crippen LogP contribution in [0.3, 0.4) is 0 Å². The van der Waals surface area contributed by atoms with Crippen molar-refractivity contribution in [2.75, 3.05) is 23.9 Å². The lowest BCUT2D eigenvalue weighted by Crippen LogP contribution is -2.54. The summed E-state index contributed by atoms with van der Waals surface area (Å²) in [5, 5.41) is 14.4. The Bertz CT molecular complexity index is 1360. The lowest BCUT2D eigenvalue weighted by atomic mass is 9.75. The Morgan fingerprint density at radius 3 is 2.63 bits per heavy atom. The summed E-state index contributed by atoms with van der Waals surface area (Å²) in [5.41, 5.74) is 1.52. The van der Waals surface area contributed by atoms with Crippen LogP contribution in [-0.4, -0.2) is 47.2 Å². The molecule has 3 fully saturated rings. The Kier molecular flexibility index (Phi) is 4.41. The molecular formula is C25H24N4O6. The van der Waals surface area contributed by atoms with E-state index in [9.17, 15) is 24.5 Å². The monoisotopic (exact) mass is 476 g/mol. The third-order valence-electron chi connectivity index (χ3n) is 8.08. The molecule has 10 heteroatoms. The molecule has 4 aliphatic rings. The van der Waals surface area contributed by atoms with Crippen LogP contribution in [0.4, 0.5) is 17.1 Å². The van der Waals surface area contributed by atoms with E-state index in [4.69, 9.17) is 4.74 Å². The minimum atomic E-state index is -1.26. The number of carbonyl (C=O) groups excluding carboxylic acids is 3. The van der Waals surface area contributed by atoms with Gasteiger partial charge in [-0.25, -0.2) is 4.90 Å². The number of imide groups is 1. The third-order valence-corrected chi connectivity index (χ3v) is 8.08. The number of amides is 3. The van der Waals surface area contributed by atoms with Crippen molar-refractivity contribution in [3.63, 3.8) is 0 Å². The van der Waals surface area contributed by atoms with Gasteiger partial charge in [0.25, 0.3) is 0 Å². The Morgan fingerprint density at radius 2 is 1.91 bits per heavy atom. The Labute approximate surface area is 201 Å². The molecule has 0 aromatic heterocycles. The smallest absolute Gasteiger partial charge is 0.311 e. The zero-order valence-electron chi connectivity index (χ0n) is 19.5. The van der Waals surface area contributed by atoms with Crippen LogP contribution in [0.15, 0.2) is 30.3 Å². The van der Waals surface area contributed by atoms with Crippen LogP contribution in [0, 0.1) is 35.8 Å². The number of methoxy groups -OCH3 is 1. The van der Waals surface area contributed by atoms with Gasteiger partial charge in [0.2, 0.25) is 17.7 Å². The van der Waals surface area contributed by atoms with Crippen LogP contribution >= 0.6 is 0 Å². The van der Waals surface area contributed by atoms with Gasteiger partial charge < -0.3 is 10.1 Å². The van der Waals surface area contributed by atoms with E-state index < -0.39 is 28.2 Å². The lowest BCUT2D eigenvalue weighted by Gasteiger charge is -2.36. The first-order valence-electron chi connectivity index (χ1n) is 11.6. The average Bonchev–Trinajstić information content (AvgIpc) is 3.52. The maximum atomic E-state index is 14.1. The number of nitrogens with one attached hydrogen (secondary N) is 1. The van der Waals surface area contributed by atoms with E-state index in [0.717, 1.165) is 22.4 Å². The van der Waals surface area contributed by atoms with Gasteiger partial charge in [-0.1, -0.05) is 17.7 Å². The van der Waals surface area contributed by atoms with Crippen molar-refractivity contribution in [1.29, 1.82) is 0 Å². The van der Waals surface area contributed by atoms with Crippen molar-refractivity contribution in [3.05, 3.63) is 57.1 Å². The molecule has 2 aromatic rings. The summed E-state index contributed by atoms with van der Waals surface area (Å²) in [6.45, 7) is 4.18. The fourth-order valence-electron chi connectivity index (χ4n) is 6.76. The SMILES string of the molecule is COc1cc(N2C(=O)[C@@H]3[C@H]4CCCN4[C@]4(C(=O)Nc5ccc(C)cc54)[C@H]3C2=O)c(C)cc1[N+](=O)[O-]. The number of carbonyl (C=O) groups is 3. The third kappa shape index (κ3) is 2.54.